The van der Waals surface area contributed by atoms with Crippen molar-refractivity contribution in [2.75, 3.05) is 0 Å². The molecule has 9 heteroatoms. The van der Waals surface area contributed by atoms with Crippen LogP contribution in [0.5, 0.6) is 0 Å². The lowest BCUT2D eigenvalue weighted by Gasteiger charge is -2.32. The normalized spacial score (nSPS) is 20.6. The fourth-order valence-corrected chi connectivity index (χ4v) is 3.71. The van der Waals surface area contributed by atoms with Crippen LogP contribution in [0.25, 0.3) is 0 Å². The first-order valence-electron chi connectivity index (χ1n) is 9.60. The number of hydrogen-bond acceptors (Lipinski definition) is 5. The molecule has 1 saturated heterocycles. The van der Waals surface area contributed by atoms with E-state index in [1.165, 1.54) is 0 Å². The molecular weight excluding hydrogens is 396 g/mol. The summed E-state index contributed by atoms with van der Waals surface area (Å²) in [6.07, 6.45) is -0.412. The van der Waals surface area contributed by atoms with Gasteiger partial charge in [0, 0.05) is 16.9 Å². The van der Waals surface area contributed by atoms with Crippen LogP contribution in [-0.4, -0.2) is 38.7 Å². The van der Waals surface area contributed by atoms with Crippen molar-refractivity contribution in [2.24, 2.45) is 0 Å². The molecule has 29 heavy (non-hydrogen) atoms. The average molecular weight is 427 g/mol. The minimum atomic E-state index is -1.58. The number of rotatable bonds is 6. The summed E-state index contributed by atoms with van der Waals surface area (Å²) in [7, 11) is -0.711. The highest BCUT2D eigenvalue weighted by Crippen LogP contribution is 2.37. The predicted molar refractivity (Wildman–Crippen MR) is 113 cm³/mol. The topological polar surface area (TPSA) is 90.9 Å². The zero-order valence-electron chi connectivity index (χ0n) is 18.4. The first-order chi connectivity index (χ1) is 13.0. The molecule has 6 nitrogen and oxygen atoms in total. The number of carboxylic acids is 1. The van der Waals surface area contributed by atoms with Crippen molar-refractivity contribution >= 4 is 29.9 Å². The van der Waals surface area contributed by atoms with Gasteiger partial charge in [0.1, 0.15) is 10.6 Å². The van der Waals surface area contributed by atoms with E-state index in [0.717, 1.165) is 0 Å². The van der Waals surface area contributed by atoms with Gasteiger partial charge >= 0.3 is 13.1 Å². The molecule has 0 bridgehead atoms. The van der Waals surface area contributed by atoms with Gasteiger partial charge in [-0.2, -0.15) is 0 Å². The standard InChI is InChI=1S/C20H31BFNO5S/c1-12-9-13(21-27-19(5,6)20(7,8)28-21)10-14(17(12)22)15(11-16(24)25)23-29(26)18(2,3)4/h9-10,15,23H,11H2,1-8H3,(H,24,25)/t15-,29+/m0/s1. The van der Waals surface area contributed by atoms with E-state index >= 15 is 4.39 Å². The van der Waals surface area contributed by atoms with Crippen LogP contribution in [0.4, 0.5) is 4.39 Å². The Hall–Kier alpha value is -1.13. The van der Waals surface area contributed by atoms with Crippen LogP contribution >= 0.6 is 0 Å². The number of halogens is 1. The SMILES string of the molecule is Cc1cc(B2OC(C)(C)C(C)(C)O2)cc([C@H](CC(=O)O)N[S@+]([O-])C(C)(C)C)c1F. The van der Waals surface area contributed by atoms with Crippen molar-refractivity contribution in [1.29, 1.82) is 0 Å². The Labute approximate surface area is 176 Å². The molecule has 1 aliphatic heterocycles. The van der Waals surface area contributed by atoms with E-state index in [1.807, 2.05) is 27.7 Å². The summed E-state index contributed by atoms with van der Waals surface area (Å²) >= 11 is -1.58. The highest BCUT2D eigenvalue weighted by molar-refractivity contribution is 7.90. The van der Waals surface area contributed by atoms with Crippen molar-refractivity contribution in [3.63, 3.8) is 0 Å². The van der Waals surface area contributed by atoms with E-state index in [-0.39, 0.29) is 5.56 Å². The second kappa shape index (κ2) is 8.19. The third-order valence-corrected chi connectivity index (χ3v) is 7.00. The van der Waals surface area contributed by atoms with Crippen molar-refractivity contribution < 1.29 is 28.2 Å². The summed E-state index contributed by atoms with van der Waals surface area (Å²) in [4.78, 5) is 11.4. The van der Waals surface area contributed by atoms with Gasteiger partial charge in [-0.1, -0.05) is 12.1 Å². The molecule has 2 N–H and O–H groups in total. The maximum atomic E-state index is 15.0. The minimum absolute atomic E-state index is 0.134. The van der Waals surface area contributed by atoms with Gasteiger partial charge in [-0.25, -0.2) is 4.39 Å². The molecule has 0 aliphatic carbocycles. The van der Waals surface area contributed by atoms with E-state index in [9.17, 15) is 14.5 Å². The van der Waals surface area contributed by atoms with E-state index in [1.54, 1.807) is 39.8 Å². The predicted octanol–water partition coefficient (Wildman–Crippen LogP) is 3.00. The number of aryl methyl sites for hydroxylation is 1. The van der Waals surface area contributed by atoms with Crippen molar-refractivity contribution in [3.8, 4) is 0 Å². The largest absolute Gasteiger partial charge is 0.598 e. The Bertz CT molecular complexity index is 765. The average Bonchev–Trinajstić information content (AvgIpc) is 2.75. The van der Waals surface area contributed by atoms with Gasteiger partial charge in [-0.3, -0.25) is 4.79 Å². The maximum absolute atomic E-state index is 15.0. The minimum Gasteiger partial charge on any atom is -0.598 e. The zero-order valence-corrected chi connectivity index (χ0v) is 19.2. The number of carboxylic acid groups (broad SMARTS) is 1. The number of aliphatic carboxylic acids is 1. The lowest BCUT2D eigenvalue weighted by molar-refractivity contribution is -0.137. The highest BCUT2D eigenvalue weighted by Gasteiger charge is 2.52. The number of hydrogen-bond donors (Lipinski definition) is 2. The summed E-state index contributed by atoms with van der Waals surface area (Å²) < 4.78 is 41.8. The van der Waals surface area contributed by atoms with E-state index in [0.29, 0.717) is 11.0 Å². The quantitative estimate of drug-likeness (QED) is 0.536. The van der Waals surface area contributed by atoms with E-state index in [4.69, 9.17) is 9.31 Å². The molecule has 162 valence electrons. The smallest absolute Gasteiger partial charge is 0.494 e. The number of benzene rings is 1. The Morgan fingerprint density at radius 3 is 2.24 bits per heavy atom. The second-order valence-corrected chi connectivity index (χ2v) is 11.5. The van der Waals surface area contributed by atoms with Gasteiger partial charge < -0.3 is 19.0 Å². The first kappa shape index (κ1) is 24.1. The van der Waals surface area contributed by atoms with Crippen LogP contribution in [0.1, 0.15) is 72.1 Å². The van der Waals surface area contributed by atoms with E-state index in [2.05, 4.69) is 4.72 Å². The Morgan fingerprint density at radius 2 is 1.79 bits per heavy atom. The third-order valence-electron chi connectivity index (χ3n) is 5.39. The Morgan fingerprint density at radius 1 is 1.28 bits per heavy atom. The Balaban J connectivity index is 2.46. The summed E-state index contributed by atoms with van der Waals surface area (Å²) in [5.41, 5.74) is -0.0593. The van der Waals surface area contributed by atoms with Crippen LogP contribution in [0, 0.1) is 12.7 Å². The number of carbonyl (C=O) groups is 1. The van der Waals surface area contributed by atoms with Gasteiger partial charge in [-0.15, -0.1) is 4.72 Å². The fraction of sp³-hybridized carbons (Fsp3) is 0.650. The van der Waals surface area contributed by atoms with Gasteiger partial charge in [-0.05, 0) is 66.4 Å². The van der Waals surface area contributed by atoms with Crippen LogP contribution in [0.2, 0.25) is 0 Å². The third kappa shape index (κ3) is 5.33. The lowest BCUT2D eigenvalue weighted by Crippen LogP contribution is -2.42. The molecule has 1 aromatic rings. The Kier molecular flexibility index (Phi) is 6.82. The van der Waals surface area contributed by atoms with Crippen molar-refractivity contribution in [1.82, 2.24) is 4.72 Å². The summed E-state index contributed by atoms with van der Waals surface area (Å²) in [5, 5.41) is 9.33. The van der Waals surface area contributed by atoms with Crippen LogP contribution < -0.4 is 10.2 Å². The molecule has 0 aromatic heterocycles. The molecule has 2 atom stereocenters. The fourth-order valence-electron chi connectivity index (χ4n) is 2.89. The maximum Gasteiger partial charge on any atom is 0.494 e. The lowest BCUT2D eigenvalue weighted by atomic mass is 9.76. The molecule has 0 spiro atoms. The van der Waals surface area contributed by atoms with Crippen molar-refractivity contribution in [3.05, 3.63) is 29.1 Å². The zero-order chi connectivity index (χ0) is 22.4. The van der Waals surface area contributed by atoms with Crippen molar-refractivity contribution in [2.45, 2.75) is 83.8 Å². The summed E-state index contributed by atoms with van der Waals surface area (Å²) in [6, 6.07) is 2.22. The molecule has 1 fully saturated rings. The molecular formula is C20H31BFNO5S. The molecule has 0 radical (unpaired) electrons. The molecule has 0 saturated carbocycles. The molecule has 1 aromatic carbocycles. The molecule has 0 amide bonds. The van der Waals surface area contributed by atoms with E-state index < -0.39 is 58.7 Å². The molecule has 2 rings (SSSR count). The highest BCUT2D eigenvalue weighted by atomic mass is 32.2. The van der Waals surface area contributed by atoms with Gasteiger partial charge in [0.25, 0.3) is 0 Å². The summed E-state index contributed by atoms with van der Waals surface area (Å²) in [6.45, 7) is 14.6. The van der Waals surface area contributed by atoms with Gasteiger partial charge in [0.15, 0.2) is 0 Å². The summed E-state index contributed by atoms with van der Waals surface area (Å²) in [5.74, 6) is -1.65. The molecule has 1 heterocycles. The number of nitrogens with one attached hydrogen (secondary N) is 1. The molecule has 1 aliphatic rings. The van der Waals surface area contributed by atoms with Crippen LogP contribution in [-0.2, 0) is 25.5 Å². The first-order valence-corrected chi connectivity index (χ1v) is 10.8. The monoisotopic (exact) mass is 427 g/mol. The van der Waals surface area contributed by atoms with Crippen LogP contribution in [0.15, 0.2) is 12.1 Å². The second-order valence-electron chi connectivity index (χ2n) is 9.48. The molecule has 0 unspecified atom stereocenters. The van der Waals surface area contributed by atoms with Gasteiger partial charge in [0.05, 0.1) is 23.7 Å². The van der Waals surface area contributed by atoms with Crippen LogP contribution in [0.3, 0.4) is 0 Å². The van der Waals surface area contributed by atoms with Gasteiger partial charge in [0.2, 0.25) is 0 Å².